The summed E-state index contributed by atoms with van der Waals surface area (Å²) in [4.78, 5) is -0.274. The van der Waals surface area contributed by atoms with E-state index in [1.165, 1.54) is 0 Å². The summed E-state index contributed by atoms with van der Waals surface area (Å²) in [6.07, 6.45) is -1.87. The van der Waals surface area contributed by atoms with E-state index in [4.69, 9.17) is 0 Å². The second kappa shape index (κ2) is 4.57. The second-order valence-corrected chi connectivity index (χ2v) is 6.63. The summed E-state index contributed by atoms with van der Waals surface area (Å²) in [6.45, 7) is 0. The number of hydrogen-bond acceptors (Lipinski definition) is 2. The van der Waals surface area contributed by atoms with Crippen LogP contribution in [0.15, 0.2) is 23.1 Å². The number of halogens is 3. The molecule has 1 fully saturated rings. The van der Waals surface area contributed by atoms with E-state index < -0.39 is 26.8 Å². The van der Waals surface area contributed by atoms with Gasteiger partial charge in [0.2, 0.25) is 0 Å². The predicted molar refractivity (Wildman–Crippen MR) is 59.7 cm³/mol. The van der Waals surface area contributed by atoms with Gasteiger partial charge in [0.1, 0.15) is 0 Å². The molecule has 0 amide bonds. The lowest BCUT2D eigenvalue weighted by atomic mass is 10.2. The molecule has 0 spiro atoms. The first-order valence-corrected chi connectivity index (χ1v) is 7.18. The first-order chi connectivity index (χ1) is 8.32. The molecule has 2 nitrogen and oxygen atoms in total. The molecule has 0 aliphatic heterocycles. The van der Waals surface area contributed by atoms with Gasteiger partial charge in [-0.15, -0.1) is 0 Å². The van der Waals surface area contributed by atoms with Crippen LogP contribution < -0.4 is 0 Å². The van der Waals surface area contributed by atoms with Crippen molar-refractivity contribution in [1.29, 1.82) is 0 Å². The quantitative estimate of drug-likeness (QED) is 0.831. The number of sulfone groups is 1. The van der Waals surface area contributed by atoms with E-state index in [0.717, 1.165) is 25.0 Å². The van der Waals surface area contributed by atoms with Crippen LogP contribution in [0, 0.1) is 6.07 Å². The predicted octanol–water partition coefficient (Wildman–Crippen LogP) is 3.22. The molecule has 99 valence electrons. The van der Waals surface area contributed by atoms with Gasteiger partial charge in [0.15, 0.2) is 9.84 Å². The summed E-state index contributed by atoms with van der Waals surface area (Å²) >= 11 is 0. The molecular formula is C12H12F3O2S. The monoisotopic (exact) mass is 277 g/mol. The molecule has 1 aliphatic rings. The van der Waals surface area contributed by atoms with Crippen molar-refractivity contribution >= 4 is 9.84 Å². The van der Waals surface area contributed by atoms with Crippen molar-refractivity contribution in [2.24, 2.45) is 0 Å². The minimum absolute atomic E-state index is 0.274. The SMILES string of the molecule is O=S(=O)(c1c[c]cc(C(F)(F)F)c1)C1CCCC1. The Kier molecular flexibility index (Phi) is 3.40. The van der Waals surface area contributed by atoms with Crippen molar-refractivity contribution < 1.29 is 21.6 Å². The zero-order chi connectivity index (χ0) is 13.4. The highest BCUT2D eigenvalue weighted by Gasteiger charge is 2.34. The van der Waals surface area contributed by atoms with Gasteiger partial charge < -0.3 is 0 Å². The summed E-state index contributed by atoms with van der Waals surface area (Å²) < 4.78 is 61.8. The van der Waals surface area contributed by atoms with Crippen LogP contribution in [0.5, 0.6) is 0 Å². The van der Waals surface area contributed by atoms with Gasteiger partial charge in [-0.1, -0.05) is 12.8 Å². The minimum atomic E-state index is -4.54. The molecule has 0 N–H and O–H groups in total. The van der Waals surface area contributed by atoms with Gasteiger partial charge in [-0.25, -0.2) is 8.42 Å². The molecular weight excluding hydrogens is 265 g/mol. The Morgan fingerprint density at radius 2 is 1.78 bits per heavy atom. The summed E-state index contributed by atoms with van der Waals surface area (Å²) in [6, 6.07) is 4.84. The summed E-state index contributed by atoms with van der Waals surface area (Å²) in [7, 11) is -3.65. The third-order valence-electron chi connectivity index (χ3n) is 3.16. The molecule has 0 aromatic heterocycles. The lowest BCUT2D eigenvalue weighted by molar-refractivity contribution is -0.137. The molecule has 1 saturated carbocycles. The first-order valence-electron chi connectivity index (χ1n) is 5.64. The summed E-state index contributed by atoms with van der Waals surface area (Å²) in [5, 5.41) is -0.547. The molecule has 2 rings (SSSR count). The third-order valence-corrected chi connectivity index (χ3v) is 5.40. The van der Waals surface area contributed by atoms with E-state index in [0.29, 0.717) is 18.9 Å². The molecule has 1 aromatic carbocycles. The molecule has 18 heavy (non-hydrogen) atoms. The molecule has 0 unspecified atom stereocenters. The average Bonchev–Trinajstić information content (AvgIpc) is 2.82. The fourth-order valence-corrected chi connectivity index (χ4v) is 4.03. The molecule has 1 aromatic rings. The van der Waals surface area contributed by atoms with Crippen molar-refractivity contribution in [3.05, 3.63) is 29.8 Å². The van der Waals surface area contributed by atoms with Crippen molar-refractivity contribution in [2.45, 2.75) is 42.0 Å². The Bertz CT molecular complexity index is 528. The Labute approximate surface area is 104 Å². The van der Waals surface area contributed by atoms with Gasteiger partial charge in [0.05, 0.1) is 15.7 Å². The van der Waals surface area contributed by atoms with E-state index >= 15 is 0 Å². The Morgan fingerprint density at radius 1 is 1.17 bits per heavy atom. The molecule has 1 aliphatic carbocycles. The van der Waals surface area contributed by atoms with Crippen LogP contribution >= 0.6 is 0 Å². The molecule has 0 heterocycles. The van der Waals surface area contributed by atoms with Gasteiger partial charge in [0, 0.05) is 0 Å². The van der Waals surface area contributed by atoms with Crippen molar-refractivity contribution in [3.63, 3.8) is 0 Å². The Balaban J connectivity index is 2.39. The summed E-state index contributed by atoms with van der Waals surface area (Å²) in [5.74, 6) is 0. The van der Waals surface area contributed by atoms with E-state index in [2.05, 4.69) is 6.07 Å². The number of alkyl halides is 3. The molecule has 1 radical (unpaired) electrons. The number of hydrogen-bond donors (Lipinski definition) is 0. The zero-order valence-corrected chi connectivity index (χ0v) is 10.3. The highest BCUT2D eigenvalue weighted by molar-refractivity contribution is 7.92. The van der Waals surface area contributed by atoms with Crippen molar-refractivity contribution in [3.8, 4) is 0 Å². The maximum absolute atomic E-state index is 12.5. The van der Waals surface area contributed by atoms with Crippen LogP contribution in [0.4, 0.5) is 13.2 Å². The highest BCUT2D eigenvalue weighted by atomic mass is 32.2. The van der Waals surface area contributed by atoms with Crippen LogP contribution in [0.25, 0.3) is 0 Å². The molecule has 6 heteroatoms. The number of benzene rings is 1. The fraction of sp³-hybridized carbons (Fsp3) is 0.500. The van der Waals surface area contributed by atoms with Crippen molar-refractivity contribution in [1.82, 2.24) is 0 Å². The molecule has 0 bridgehead atoms. The lowest BCUT2D eigenvalue weighted by Gasteiger charge is -2.13. The van der Waals surface area contributed by atoms with Gasteiger partial charge in [-0.2, -0.15) is 13.2 Å². The van der Waals surface area contributed by atoms with Crippen LogP contribution in [0.3, 0.4) is 0 Å². The Hall–Kier alpha value is -1.04. The van der Waals surface area contributed by atoms with E-state index in [1.54, 1.807) is 0 Å². The Morgan fingerprint density at radius 3 is 2.33 bits per heavy atom. The van der Waals surface area contributed by atoms with Crippen LogP contribution in [0.1, 0.15) is 31.2 Å². The molecule has 0 atom stereocenters. The fourth-order valence-electron chi connectivity index (χ4n) is 2.17. The maximum Gasteiger partial charge on any atom is 0.416 e. The van der Waals surface area contributed by atoms with Crippen molar-refractivity contribution in [2.75, 3.05) is 0 Å². The van der Waals surface area contributed by atoms with E-state index in [1.807, 2.05) is 0 Å². The van der Waals surface area contributed by atoms with Gasteiger partial charge in [-0.3, -0.25) is 0 Å². The van der Waals surface area contributed by atoms with Crippen LogP contribution in [-0.4, -0.2) is 13.7 Å². The second-order valence-electron chi connectivity index (χ2n) is 4.41. The topological polar surface area (TPSA) is 34.1 Å². The largest absolute Gasteiger partial charge is 0.416 e. The van der Waals surface area contributed by atoms with Crippen LogP contribution in [0.2, 0.25) is 0 Å². The van der Waals surface area contributed by atoms with Gasteiger partial charge in [0.25, 0.3) is 0 Å². The smallest absolute Gasteiger partial charge is 0.223 e. The lowest BCUT2D eigenvalue weighted by Crippen LogP contribution is -2.18. The third kappa shape index (κ3) is 2.53. The first kappa shape index (κ1) is 13.4. The minimum Gasteiger partial charge on any atom is -0.223 e. The standard InChI is InChI=1S/C12H12F3O2S/c13-12(14,15)9-4-3-7-11(8-9)18(16,17)10-5-1-2-6-10/h4,7-8,10H,1-2,5-6H2. The summed E-state index contributed by atoms with van der Waals surface area (Å²) in [5.41, 5.74) is -0.971. The van der Waals surface area contributed by atoms with Gasteiger partial charge >= 0.3 is 6.18 Å². The highest BCUT2D eigenvalue weighted by Crippen LogP contribution is 2.33. The number of rotatable bonds is 2. The molecule has 0 saturated heterocycles. The average molecular weight is 277 g/mol. The van der Waals surface area contributed by atoms with E-state index in [-0.39, 0.29) is 4.90 Å². The van der Waals surface area contributed by atoms with E-state index in [9.17, 15) is 21.6 Å². The van der Waals surface area contributed by atoms with Crippen LogP contribution in [-0.2, 0) is 16.0 Å². The maximum atomic E-state index is 12.5. The zero-order valence-electron chi connectivity index (χ0n) is 9.50. The van der Waals surface area contributed by atoms with Gasteiger partial charge in [-0.05, 0) is 37.1 Å². The normalized spacial score (nSPS) is 18.2.